The molecule has 0 saturated carbocycles. The zero-order chi connectivity index (χ0) is 13.9. The molecule has 0 radical (unpaired) electrons. The molecule has 1 aromatic heterocycles. The minimum Gasteiger partial charge on any atom is -0.480 e. The maximum absolute atomic E-state index is 11.8. The predicted molar refractivity (Wildman–Crippen MR) is 67.7 cm³/mol. The number of carbonyl (C=O) groups is 2. The zero-order valence-corrected chi connectivity index (χ0v) is 10.9. The number of amides is 1. The lowest BCUT2D eigenvalue weighted by molar-refractivity contribution is -0.143. The summed E-state index contributed by atoms with van der Waals surface area (Å²) in [4.78, 5) is 28.6. The van der Waals surface area contributed by atoms with Crippen LogP contribution in [0.5, 0.6) is 0 Å². The number of hydrogen-bond acceptors (Lipinski definition) is 4. The molecule has 0 fully saturated rings. The third-order valence-electron chi connectivity index (χ3n) is 2.43. The van der Waals surface area contributed by atoms with Gasteiger partial charge in [0.15, 0.2) is 0 Å². The molecule has 0 unspecified atom stereocenters. The van der Waals surface area contributed by atoms with E-state index in [-0.39, 0.29) is 0 Å². The molecule has 1 heterocycles. The summed E-state index contributed by atoms with van der Waals surface area (Å²) in [5.41, 5.74) is -0.980. The second kappa shape index (κ2) is 5.03. The van der Waals surface area contributed by atoms with E-state index in [1.165, 1.54) is 20.0 Å². The number of nitrogens with one attached hydrogen (secondary N) is 1. The van der Waals surface area contributed by atoms with Gasteiger partial charge in [-0.05, 0) is 26.0 Å². The van der Waals surface area contributed by atoms with Gasteiger partial charge in [0, 0.05) is 20.3 Å². The van der Waals surface area contributed by atoms with Crippen molar-refractivity contribution in [3.05, 3.63) is 23.9 Å². The first-order valence-corrected chi connectivity index (χ1v) is 5.43. The summed E-state index contributed by atoms with van der Waals surface area (Å²) < 4.78 is 0. The van der Waals surface area contributed by atoms with Gasteiger partial charge < -0.3 is 15.3 Å². The van der Waals surface area contributed by atoms with Gasteiger partial charge in [0.2, 0.25) is 0 Å². The highest BCUT2D eigenvalue weighted by Gasteiger charge is 2.29. The van der Waals surface area contributed by atoms with E-state index in [0.717, 1.165) is 5.82 Å². The highest BCUT2D eigenvalue weighted by Crippen LogP contribution is 2.09. The zero-order valence-electron chi connectivity index (χ0n) is 10.9. The number of carboxylic acid groups (broad SMARTS) is 1. The maximum atomic E-state index is 11.8. The van der Waals surface area contributed by atoms with Crippen LogP contribution in [0.3, 0.4) is 0 Å². The van der Waals surface area contributed by atoms with Gasteiger partial charge in [0.1, 0.15) is 11.4 Å². The van der Waals surface area contributed by atoms with Crippen LogP contribution >= 0.6 is 0 Å². The van der Waals surface area contributed by atoms with Crippen molar-refractivity contribution in [3.63, 3.8) is 0 Å². The number of nitrogens with zero attached hydrogens (tertiary/aromatic N) is 2. The third kappa shape index (κ3) is 3.19. The Kier molecular flexibility index (Phi) is 3.90. The summed E-state index contributed by atoms with van der Waals surface area (Å²) in [5, 5.41) is 11.3. The lowest BCUT2D eigenvalue weighted by Gasteiger charge is -2.21. The van der Waals surface area contributed by atoms with Crippen LogP contribution < -0.4 is 10.2 Å². The molecule has 0 atom stereocenters. The van der Waals surface area contributed by atoms with E-state index < -0.39 is 17.4 Å². The fourth-order valence-electron chi connectivity index (χ4n) is 1.19. The number of aliphatic carboxylic acids is 1. The molecular weight excluding hydrogens is 234 g/mol. The van der Waals surface area contributed by atoms with Gasteiger partial charge in [-0.2, -0.15) is 0 Å². The molecule has 0 spiro atoms. The van der Waals surface area contributed by atoms with Crippen molar-refractivity contribution in [2.75, 3.05) is 19.0 Å². The van der Waals surface area contributed by atoms with Crippen LogP contribution in [0.25, 0.3) is 0 Å². The number of carbonyl (C=O) groups excluding carboxylic acids is 1. The van der Waals surface area contributed by atoms with Gasteiger partial charge in [-0.1, -0.05) is 0 Å². The Morgan fingerprint density at radius 2 is 1.94 bits per heavy atom. The summed E-state index contributed by atoms with van der Waals surface area (Å²) in [6.45, 7) is 2.85. The quantitative estimate of drug-likeness (QED) is 0.824. The van der Waals surface area contributed by atoms with Gasteiger partial charge >= 0.3 is 5.97 Å². The molecule has 0 aliphatic carbocycles. The number of rotatable bonds is 4. The molecule has 0 saturated heterocycles. The lowest BCUT2D eigenvalue weighted by Crippen LogP contribution is -2.49. The van der Waals surface area contributed by atoms with Crippen molar-refractivity contribution in [1.82, 2.24) is 10.3 Å². The van der Waals surface area contributed by atoms with E-state index in [1.807, 2.05) is 19.0 Å². The first-order valence-electron chi connectivity index (χ1n) is 5.43. The van der Waals surface area contributed by atoms with Crippen molar-refractivity contribution >= 4 is 17.7 Å². The number of hydrogen-bond donors (Lipinski definition) is 2. The van der Waals surface area contributed by atoms with Crippen LogP contribution in [0, 0.1) is 0 Å². The Bertz CT molecular complexity index is 452. The molecule has 0 aliphatic heterocycles. The van der Waals surface area contributed by atoms with E-state index in [0.29, 0.717) is 5.56 Å². The Morgan fingerprint density at radius 3 is 2.33 bits per heavy atom. The molecular formula is C12H17N3O3. The highest BCUT2D eigenvalue weighted by atomic mass is 16.4. The fraction of sp³-hybridized carbons (Fsp3) is 0.417. The van der Waals surface area contributed by atoms with Gasteiger partial charge in [0.25, 0.3) is 5.91 Å². The molecule has 1 amide bonds. The Labute approximate surface area is 106 Å². The van der Waals surface area contributed by atoms with E-state index in [1.54, 1.807) is 12.1 Å². The molecule has 2 N–H and O–H groups in total. The van der Waals surface area contributed by atoms with Gasteiger partial charge in [0.05, 0.1) is 5.56 Å². The SMILES string of the molecule is CN(C)c1ccc(C(=O)NC(C)(C)C(=O)O)cn1. The van der Waals surface area contributed by atoms with Crippen LogP contribution in [0.15, 0.2) is 18.3 Å². The van der Waals surface area contributed by atoms with Crippen molar-refractivity contribution in [3.8, 4) is 0 Å². The standard InChI is InChI=1S/C12H17N3O3/c1-12(2,11(17)18)14-10(16)8-5-6-9(13-7-8)15(3)4/h5-7H,1-4H3,(H,14,16)(H,17,18). The monoisotopic (exact) mass is 251 g/mol. The van der Waals surface area contributed by atoms with Gasteiger partial charge in [-0.25, -0.2) is 9.78 Å². The minimum absolute atomic E-state index is 0.329. The lowest BCUT2D eigenvalue weighted by atomic mass is 10.1. The Hall–Kier alpha value is -2.11. The normalized spacial score (nSPS) is 10.9. The first kappa shape index (κ1) is 14.0. The van der Waals surface area contributed by atoms with Gasteiger partial charge in [-0.15, -0.1) is 0 Å². The third-order valence-corrected chi connectivity index (χ3v) is 2.43. The minimum atomic E-state index is -1.31. The average molecular weight is 251 g/mol. The average Bonchev–Trinajstić information content (AvgIpc) is 2.28. The van der Waals surface area contributed by atoms with Crippen molar-refractivity contribution in [1.29, 1.82) is 0 Å². The number of pyridine rings is 1. The number of carboxylic acids is 1. The van der Waals surface area contributed by atoms with Crippen molar-refractivity contribution in [2.24, 2.45) is 0 Å². The van der Waals surface area contributed by atoms with E-state index >= 15 is 0 Å². The van der Waals surface area contributed by atoms with Crippen LogP contribution in [-0.4, -0.2) is 41.6 Å². The molecule has 98 valence electrons. The van der Waals surface area contributed by atoms with E-state index in [9.17, 15) is 9.59 Å². The molecule has 0 bridgehead atoms. The fourth-order valence-corrected chi connectivity index (χ4v) is 1.19. The molecule has 6 nitrogen and oxygen atoms in total. The molecule has 0 aromatic carbocycles. The van der Waals surface area contributed by atoms with Crippen LogP contribution in [0.2, 0.25) is 0 Å². The molecule has 18 heavy (non-hydrogen) atoms. The second-order valence-corrected chi connectivity index (χ2v) is 4.68. The van der Waals surface area contributed by atoms with Crippen molar-refractivity contribution < 1.29 is 14.7 Å². The summed E-state index contributed by atoms with van der Waals surface area (Å²) in [7, 11) is 3.69. The Balaban J connectivity index is 2.82. The van der Waals surface area contributed by atoms with Crippen LogP contribution in [-0.2, 0) is 4.79 Å². The predicted octanol–water partition coefficient (Wildman–Crippen LogP) is 0.741. The van der Waals surface area contributed by atoms with Crippen LogP contribution in [0.1, 0.15) is 24.2 Å². The van der Waals surface area contributed by atoms with E-state index in [2.05, 4.69) is 10.3 Å². The van der Waals surface area contributed by atoms with E-state index in [4.69, 9.17) is 5.11 Å². The smallest absolute Gasteiger partial charge is 0.328 e. The summed E-state index contributed by atoms with van der Waals surface area (Å²) >= 11 is 0. The van der Waals surface area contributed by atoms with Crippen molar-refractivity contribution in [2.45, 2.75) is 19.4 Å². The number of aromatic nitrogens is 1. The number of anilines is 1. The summed E-state index contributed by atoms with van der Waals surface area (Å²) in [6.07, 6.45) is 1.42. The molecule has 0 aliphatic rings. The Morgan fingerprint density at radius 1 is 1.33 bits per heavy atom. The molecule has 1 aromatic rings. The summed E-state index contributed by atoms with van der Waals surface area (Å²) in [6, 6.07) is 3.30. The van der Waals surface area contributed by atoms with Crippen LogP contribution in [0.4, 0.5) is 5.82 Å². The molecule has 6 heteroatoms. The second-order valence-electron chi connectivity index (χ2n) is 4.68. The summed E-state index contributed by atoms with van der Waals surface area (Å²) in [5.74, 6) is -0.821. The largest absolute Gasteiger partial charge is 0.480 e. The highest BCUT2D eigenvalue weighted by molar-refractivity contribution is 5.97. The maximum Gasteiger partial charge on any atom is 0.328 e. The van der Waals surface area contributed by atoms with Gasteiger partial charge in [-0.3, -0.25) is 4.79 Å². The molecule has 1 rings (SSSR count). The topological polar surface area (TPSA) is 82.5 Å². The first-order chi connectivity index (χ1) is 8.24.